The molecule has 1 N–H and O–H groups in total. The summed E-state index contributed by atoms with van der Waals surface area (Å²) in [6.45, 7) is 1.08. The van der Waals surface area contributed by atoms with Crippen LogP contribution in [0.15, 0.2) is 41.1 Å². The molecule has 0 radical (unpaired) electrons. The first-order chi connectivity index (χ1) is 15.9. The number of likely N-dealkylation sites (N-methyl/N-ethyl adjacent to an activating group) is 1. The molecule has 10 heteroatoms. The summed E-state index contributed by atoms with van der Waals surface area (Å²) >= 11 is 9.64. The Morgan fingerprint density at radius 3 is 2.67 bits per heavy atom. The van der Waals surface area contributed by atoms with Gasteiger partial charge in [-0.25, -0.2) is 9.97 Å². The number of halogens is 2. The summed E-state index contributed by atoms with van der Waals surface area (Å²) in [4.78, 5) is 11.0. The van der Waals surface area contributed by atoms with Gasteiger partial charge in [-0.05, 0) is 54.3 Å². The molecule has 0 aliphatic carbocycles. The van der Waals surface area contributed by atoms with E-state index < -0.39 is 0 Å². The Kier molecular flexibility index (Phi) is 6.32. The summed E-state index contributed by atoms with van der Waals surface area (Å²) in [7, 11) is 5.68. The monoisotopic (exact) mass is 534 g/mol. The van der Waals surface area contributed by atoms with Crippen LogP contribution in [0.25, 0.3) is 10.9 Å². The van der Waals surface area contributed by atoms with Gasteiger partial charge >= 0.3 is 0 Å². The highest BCUT2D eigenvalue weighted by Gasteiger charge is 2.49. The van der Waals surface area contributed by atoms with Crippen LogP contribution in [0.3, 0.4) is 0 Å². The molecule has 3 aromatic rings. The number of aromatic nitrogens is 2. The Morgan fingerprint density at radius 2 is 1.91 bits per heavy atom. The summed E-state index contributed by atoms with van der Waals surface area (Å²) in [6, 6.07) is 9.57. The van der Waals surface area contributed by atoms with Gasteiger partial charge in [-0.2, -0.15) is 0 Å². The normalized spacial score (nSPS) is 24.3. The summed E-state index contributed by atoms with van der Waals surface area (Å²) in [5, 5.41) is 4.71. The Hall–Kier alpha value is -2.17. The predicted molar refractivity (Wildman–Crippen MR) is 130 cm³/mol. The first kappa shape index (κ1) is 22.6. The number of ether oxygens (including phenoxy) is 4. The van der Waals surface area contributed by atoms with Crippen molar-refractivity contribution in [1.29, 1.82) is 0 Å². The lowest BCUT2D eigenvalue weighted by atomic mass is 10.1. The largest absolute Gasteiger partial charge is 0.493 e. The van der Waals surface area contributed by atoms with Crippen LogP contribution in [-0.4, -0.2) is 73.6 Å². The van der Waals surface area contributed by atoms with Crippen molar-refractivity contribution in [1.82, 2.24) is 14.9 Å². The number of nitrogens with zero attached hydrogens (tertiary/aromatic N) is 3. The highest BCUT2D eigenvalue weighted by molar-refractivity contribution is 9.10. The molecule has 0 spiro atoms. The number of anilines is 2. The van der Waals surface area contributed by atoms with E-state index >= 15 is 0 Å². The number of fused-ring (bicyclic) bond motifs is 2. The molecule has 8 nitrogen and oxygen atoms in total. The summed E-state index contributed by atoms with van der Waals surface area (Å²) in [6.07, 6.45) is 1.16. The molecular weight excluding hydrogens is 512 g/mol. The number of benzene rings is 2. The number of rotatable bonds is 6. The van der Waals surface area contributed by atoms with Gasteiger partial charge in [0, 0.05) is 21.6 Å². The van der Waals surface area contributed by atoms with Gasteiger partial charge < -0.3 is 29.2 Å². The third-order valence-electron chi connectivity index (χ3n) is 6.03. The van der Waals surface area contributed by atoms with E-state index in [1.54, 1.807) is 7.11 Å². The Morgan fingerprint density at radius 1 is 1.09 bits per heavy atom. The van der Waals surface area contributed by atoms with Gasteiger partial charge in [0.1, 0.15) is 24.4 Å². The maximum Gasteiger partial charge on any atom is 0.164 e. The van der Waals surface area contributed by atoms with Gasteiger partial charge in [-0.15, -0.1) is 0 Å². The average Bonchev–Trinajstić information content (AvgIpc) is 3.39. The van der Waals surface area contributed by atoms with Crippen molar-refractivity contribution in [2.45, 2.75) is 24.4 Å². The third kappa shape index (κ3) is 4.36. The molecule has 2 fully saturated rings. The quantitative estimate of drug-likeness (QED) is 0.501. The highest BCUT2D eigenvalue weighted by Crippen LogP contribution is 2.38. The number of hydrogen-bond acceptors (Lipinski definition) is 8. The Bertz CT molecular complexity index is 1180. The second-order valence-electron chi connectivity index (χ2n) is 8.28. The van der Waals surface area contributed by atoms with Crippen LogP contribution in [0.4, 0.5) is 11.5 Å². The second-order valence-corrected chi connectivity index (χ2v) is 9.54. The maximum absolute atomic E-state index is 6.34. The zero-order valence-electron chi connectivity index (χ0n) is 18.4. The van der Waals surface area contributed by atoms with Gasteiger partial charge in [-0.3, -0.25) is 0 Å². The third-order valence-corrected chi connectivity index (χ3v) is 7.26. The molecule has 33 heavy (non-hydrogen) atoms. The fourth-order valence-electron chi connectivity index (χ4n) is 4.28. The van der Waals surface area contributed by atoms with Crippen molar-refractivity contribution in [2.24, 2.45) is 0 Å². The van der Waals surface area contributed by atoms with Crippen molar-refractivity contribution in [3.8, 4) is 11.5 Å². The van der Waals surface area contributed by atoms with Gasteiger partial charge in [0.25, 0.3) is 0 Å². The molecule has 2 aliphatic rings. The van der Waals surface area contributed by atoms with Gasteiger partial charge in [0.05, 0.1) is 36.9 Å². The minimum Gasteiger partial charge on any atom is -0.493 e. The van der Waals surface area contributed by atoms with Crippen molar-refractivity contribution >= 4 is 49.9 Å². The van der Waals surface area contributed by atoms with E-state index in [-0.39, 0.29) is 24.4 Å². The molecule has 2 saturated heterocycles. The van der Waals surface area contributed by atoms with Crippen LogP contribution in [0.1, 0.15) is 0 Å². The van der Waals surface area contributed by atoms with Crippen molar-refractivity contribution < 1.29 is 18.9 Å². The van der Waals surface area contributed by atoms with E-state index in [0.717, 1.165) is 21.1 Å². The van der Waals surface area contributed by atoms with Gasteiger partial charge in [-0.1, -0.05) is 11.6 Å². The smallest absolute Gasteiger partial charge is 0.164 e. The van der Waals surface area contributed by atoms with Crippen molar-refractivity contribution in [2.75, 3.05) is 39.7 Å². The maximum atomic E-state index is 6.34. The molecule has 5 rings (SSSR count). The first-order valence-electron chi connectivity index (χ1n) is 10.6. The van der Waals surface area contributed by atoms with Crippen molar-refractivity contribution in [3.05, 3.63) is 46.2 Å². The Balaban J connectivity index is 1.42. The number of methoxy groups -OCH3 is 1. The molecule has 0 amide bonds. The molecule has 2 aromatic carbocycles. The first-order valence-corrected chi connectivity index (χ1v) is 11.7. The molecule has 1 aromatic heterocycles. The minimum absolute atomic E-state index is 0.00712. The van der Waals surface area contributed by atoms with E-state index in [9.17, 15) is 0 Å². The van der Waals surface area contributed by atoms with Crippen LogP contribution < -0.4 is 14.8 Å². The number of nitrogens with one attached hydrogen (secondary N) is 1. The Labute approximate surface area is 205 Å². The zero-order chi connectivity index (χ0) is 23.1. The molecule has 0 saturated carbocycles. The van der Waals surface area contributed by atoms with E-state index in [1.165, 1.54) is 6.33 Å². The van der Waals surface area contributed by atoms with E-state index in [4.69, 9.17) is 30.5 Å². The molecule has 0 unspecified atom stereocenters. The minimum atomic E-state index is -0.226. The summed E-state index contributed by atoms with van der Waals surface area (Å²) < 4.78 is 24.8. The molecule has 0 bridgehead atoms. The molecule has 174 valence electrons. The van der Waals surface area contributed by atoms with Crippen molar-refractivity contribution in [3.63, 3.8) is 0 Å². The SMILES string of the molecule is COc1cc2c(Nc3ccc(Br)c(Cl)c3)ncnc2cc1O[C@@H]1CO[C@@H]2[C@H]1OC[C@H]2N(C)C. The fourth-order valence-corrected chi connectivity index (χ4v) is 4.70. The lowest BCUT2D eigenvalue weighted by Gasteiger charge is -2.22. The number of hydrogen-bond donors (Lipinski definition) is 1. The van der Waals surface area contributed by atoms with Crippen LogP contribution in [0.2, 0.25) is 5.02 Å². The van der Waals surface area contributed by atoms with E-state index in [0.29, 0.717) is 35.6 Å². The van der Waals surface area contributed by atoms with Crippen LogP contribution >= 0.6 is 27.5 Å². The van der Waals surface area contributed by atoms with E-state index in [1.807, 2.05) is 44.4 Å². The van der Waals surface area contributed by atoms with E-state index in [2.05, 4.69) is 36.1 Å². The molecule has 4 atom stereocenters. The zero-order valence-corrected chi connectivity index (χ0v) is 20.8. The van der Waals surface area contributed by atoms with Gasteiger partial charge in [0.2, 0.25) is 0 Å². The summed E-state index contributed by atoms with van der Waals surface area (Å²) in [5.74, 6) is 1.81. The molecule has 3 heterocycles. The van der Waals surface area contributed by atoms with Crippen LogP contribution in [-0.2, 0) is 9.47 Å². The predicted octanol–water partition coefficient (Wildman–Crippen LogP) is 4.27. The lowest BCUT2D eigenvalue weighted by molar-refractivity contribution is 0.0271. The standard InChI is InChI=1S/C23H24BrClN4O4/c1-29(2)17-9-31-22-20(10-32-21(17)22)33-19-8-16-13(7-18(19)30-3)23(27-11-26-16)28-12-4-5-14(24)15(25)6-12/h4-8,11,17,20-22H,9-10H2,1-3H3,(H,26,27,28)/t17-,20-,21+,22+/m1/s1. The van der Waals surface area contributed by atoms with Gasteiger partial charge in [0.15, 0.2) is 17.6 Å². The molecular formula is C23H24BrClN4O4. The van der Waals surface area contributed by atoms with Crippen LogP contribution in [0, 0.1) is 0 Å². The van der Waals surface area contributed by atoms with Crippen LogP contribution in [0.5, 0.6) is 11.5 Å². The second kappa shape index (κ2) is 9.23. The average molecular weight is 536 g/mol. The summed E-state index contributed by atoms with van der Waals surface area (Å²) in [5.41, 5.74) is 1.53. The lowest BCUT2D eigenvalue weighted by Crippen LogP contribution is -2.41. The topological polar surface area (TPSA) is 78.0 Å². The fraction of sp³-hybridized carbons (Fsp3) is 0.391. The molecule has 2 aliphatic heterocycles. The highest BCUT2D eigenvalue weighted by atomic mass is 79.9.